The van der Waals surface area contributed by atoms with Gasteiger partial charge in [0, 0.05) is 26.6 Å². The summed E-state index contributed by atoms with van der Waals surface area (Å²) >= 11 is 0. The molecule has 14 heavy (non-hydrogen) atoms. The summed E-state index contributed by atoms with van der Waals surface area (Å²) in [6.45, 7) is 2.32. The lowest BCUT2D eigenvalue weighted by Gasteiger charge is -2.18. The number of carbonyl (C=O) groups is 1. The van der Waals surface area contributed by atoms with E-state index in [1.165, 1.54) is 0 Å². The molecule has 0 radical (unpaired) electrons. The number of hydrogen-bond acceptors (Lipinski definition) is 2. The Bertz CT molecular complexity index is 157. The monoisotopic (exact) mass is 201 g/mol. The molecule has 0 saturated heterocycles. The van der Waals surface area contributed by atoms with Gasteiger partial charge in [0.05, 0.1) is 0 Å². The zero-order valence-corrected chi connectivity index (χ0v) is 9.62. The smallest absolute Gasteiger partial charge is 0.225 e. The molecule has 0 aromatic carbocycles. The SMILES string of the molecule is CCC(CCCCCO)C(=O)N(C)C. The lowest BCUT2D eigenvalue weighted by atomic mass is 9.97. The maximum absolute atomic E-state index is 11.6. The van der Waals surface area contributed by atoms with Crippen LogP contribution in [-0.4, -0.2) is 36.6 Å². The number of hydrogen-bond donors (Lipinski definition) is 1. The van der Waals surface area contributed by atoms with Crippen LogP contribution < -0.4 is 0 Å². The highest BCUT2D eigenvalue weighted by molar-refractivity contribution is 5.78. The van der Waals surface area contributed by atoms with Gasteiger partial charge >= 0.3 is 0 Å². The van der Waals surface area contributed by atoms with Crippen molar-refractivity contribution in [3.05, 3.63) is 0 Å². The summed E-state index contributed by atoms with van der Waals surface area (Å²) in [5.74, 6) is 0.403. The second-order valence-corrected chi connectivity index (χ2v) is 3.91. The van der Waals surface area contributed by atoms with Crippen LogP contribution in [-0.2, 0) is 4.79 Å². The summed E-state index contributed by atoms with van der Waals surface area (Å²) in [5.41, 5.74) is 0. The Labute approximate surface area is 87.1 Å². The predicted octanol–water partition coefficient (Wildman–Crippen LogP) is 1.65. The van der Waals surface area contributed by atoms with E-state index in [1.54, 1.807) is 19.0 Å². The quantitative estimate of drug-likeness (QED) is 0.636. The lowest BCUT2D eigenvalue weighted by Crippen LogP contribution is -2.29. The molecule has 0 saturated carbocycles. The van der Waals surface area contributed by atoms with Crippen molar-refractivity contribution in [2.24, 2.45) is 5.92 Å². The van der Waals surface area contributed by atoms with Crippen LogP contribution in [0.4, 0.5) is 0 Å². The summed E-state index contributed by atoms with van der Waals surface area (Å²) in [4.78, 5) is 13.3. The van der Waals surface area contributed by atoms with E-state index in [-0.39, 0.29) is 18.4 Å². The van der Waals surface area contributed by atoms with Crippen LogP contribution in [0.1, 0.15) is 39.0 Å². The van der Waals surface area contributed by atoms with Crippen LogP contribution in [0.25, 0.3) is 0 Å². The third-order valence-electron chi connectivity index (χ3n) is 2.49. The maximum Gasteiger partial charge on any atom is 0.225 e. The molecule has 1 amide bonds. The summed E-state index contributed by atoms with van der Waals surface area (Å²) in [5, 5.41) is 8.61. The molecule has 3 nitrogen and oxygen atoms in total. The lowest BCUT2D eigenvalue weighted by molar-refractivity contribution is -0.133. The van der Waals surface area contributed by atoms with Crippen LogP contribution in [0.5, 0.6) is 0 Å². The molecule has 0 rings (SSSR count). The first-order valence-electron chi connectivity index (χ1n) is 5.45. The third-order valence-corrected chi connectivity index (χ3v) is 2.49. The minimum absolute atomic E-state index is 0.170. The number of nitrogens with zero attached hydrogens (tertiary/aromatic N) is 1. The van der Waals surface area contributed by atoms with Crippen molar-refractivity contribution in [1.29, 1.82) is 0 Å². The Morgan fingerprint density at radius 3 is 2.36 bits per heavy atom. The number of aliphatic hydroxyl groups excluding tert-OH is 1. The van der Waals surface area contributed by atoms with Gasteiger partial charge in [-0.15, -0.1) is 0 Å². The van der Waals surface area contributed by atoms with Gasteiger partial charge in [-0.2, -0.15) is 0 Å². The van der Waals surface area contributed by atoms with Gasteiger partial charge in [0.2, 0.25) is 5.91 Å². The molecule has 3 heteroatoms. The molecule has 0 fully saturated rings. The first-order valence-corrected chi connectivity index (χ1v) is 5.45. The summed E-state index contributed by atoms with van der Waals surface area (Å²) in [6.07, 6.45) is 4.78. The van der Waals surface area contributed by atoms with Crippen LogP contribution in [0.3, 0.4) is 0 Å². The molecule has 0 aliphatic heterocycles. The second-order valence-electron chi connectivity index (χ2n) is 3.91. The van der Waals surface area contributed by atoms with Gasteiger partial charge in [-0.25, -0.2) is 0 Å². The minimum Gasteiger partial charge on any atom is -0.396 e. The molecular formula is C11H23NO2. The Morgan fingerprint density at radius 2 is 1.93 bits per heavy atom. The molecule has 1 unspecified atom stereocenters. The first kappa shape index (κ1) is 13.4. The highest BCUT2D eigenvalue weighted by Gasteiger charge is 2.17. The highest BCUT2D eigenvalue weighted by atomic mass is 16.2. The molecule has 1 N–H and O–H groups in total. The van der Waals surface area contributed by atoms with Crippen LogP contribution in [0.2, 0.25) is 0 Å². The van der Waals surface area contributed by atoms with Crippen molar-refractivity contribution in [3.8, 4) is 0 Å². The third kappa shape index (κ3) is 5.22. The van der Waals surface area contributed by atoms with E-state index >= 15 is 0 Å². The fourth-order valence-corrected chi connectivity index (χ4v) is 1.55. The first-order chi connectivity index (χ1) is 6.63. The Balaban J connectivity index is 3.73. The number of amides is 1. The summed E-state index contributed by atoms with van der Waals surface area (Å²) in [6, 6.07) is 0. The fourth-order valence-electron chi connectivity index (χ4n) is 1.55. The molecule has 0 aliphatic rings. The summed E-state index contributed by atoms with van der Waals surface area (Å²) < 4.78 is 0. The zero-order valence-electron chi connectivity index (χ0n) is 9.62. The molecule has 1 atom stereocenters. The normalized spacial score (nSPS) is 12.6. The van der Waals surface area contributed by atoms with Crippen molar-refractivity contribution < 1.29 is 9.90 Å². The molecule has 0 aliphatic carbocycles. The van der Waals surface area contributed by atoms with Crippen molar-refractivity contribution >= 4 is 5.91 Å². The standard InChI is InChI=1S/C11H23NO2/c1-4-10(11(14)12(2)3)8-6-5-7-9-13/h10,13H,4-9H2,1-3H3. The molecule has 0 aromatic heterocycles. The average Bonchev–Trinajstić information content (AvgIpc) is 2.17. The molecule has 0 spiro atoms. The molecule has 84 valence electrons. The van der Waals surface area contributed by atoms with Crippen LogP contribution >= 0.6 is 0 Å². The van der Waals surface area contributed by atoms with Crippen LogP contribution in [0.15, 0.2) is 0 Å². The van der Waals surface area contributed by atoms with Gasteiger partial charge < -0.3 is 10.0 Å². The van der Waals surface area contributed by atoms with Crippen molar-refractivity contribution in [1.82, 2.24) is 4.90 Å². The number of rotatable bonds is 7. The average molecular weight is 201 g/mol. The van der Waals surface area contributed by atoms with E-state index in [4.69, 9.17) is 5.11 Å². The molecule has 0 bridgehead atoms. The van der Waals surface area contributed by atoms with Gasteiger partial charge in [-0.1, -0.05) is 19.8 Å². The predicted molar refractivity (Wildman–Crippen MR) is 58.0 cm³/mol. The number of unbranched alkanes of at least 4 members (excludes halogenated alkanes) is 2. The Hall–Kier alpha value is -0.570. The van der Waals surface area contributed by atoms with E-state index in [0.717, 1.165) is 32.1 Å². The Morgan fingerprint density at radius 1 is 1.29 bits per heavy atom. The van der Waals surface area contributed by atoms with Gasteiger partial charge in [0.25, 0.3) is 0 Å². The topological polar surface area (TPSA) is 40.5 Å². The van der Waals surface area contributed by atoms with Gasteiger partial charge in [0.1, 0.15) is 0 Å². The van der Waals surface area contributed by atoms with Gasteiger partial charge in [0.15, 0.2) is 0 Å². The molecule has 0 heterocycles. The number of carbonyl (C=O) groups excluding carboxylic acids is 1. The van der Waals surface area contributed by atoms with Crippen molar-refractivity contribution in [2.75, 3.05) is 20.7 Å². The maximum atomic E-state index is 11.6. The largest absolute Gasteiger partial charge is 0.396 e. The minimum atomic E-state index is 0.170. The van der Waals surface area contributed by atoms with E-state index in [9.17, 15) is 4.79 Å². The van der Waals surface area contributed by atoms with E-state index in [2.05, 4.69) is 6.92 Å². The van der Waals surface area contributed by atoms with Crippen LogP contribution in [0, 0.1) is 5.92 Å². The van der Waals surface area contributed by atoms with Crippen molar-refractivity contribution in [3.63, 3.8) is 0 Å². The summed E-state index contributed by atoms with van der Waals surface area (Å²) in [7, 11) is 3.61. The molecular weight excluding hydrogens is 178 g/mol. The van der Waals surface area contributed by atoms with E-state index in [0.29, 0.717) is 0 Å². The fraction of sp³-hybridized carbons (Fsp3) is 0.909. The van der Waals surface area contributed by atoms with Crippen molar-refractivity contribution in [2.45, 2.75) is 39.0 Å². The van der Waals surface area contributed by atoms with Gasteiger partial charge in [-0.05, 0) is 19.3 Å². The highest BCUT2D eigenvalue weighted by Crippen LogP contribution is 2.15. The van der Waals surface area contributed by atoms with Gasteiger partial charge in [-0.3, -0.25) is 4.79 Å². The van der Waals surface area contributed by atoms with E-state index < -0.39 is 0 Å². The molecule has 0 aromatic rings. The number of aliphatic hydroxyl groups is 1. The second kappa shape index (κ2) is 7.80. The van der Waals surface area contributed by atoms with E-state index in [1.807, 2.05) is 0 Å². The zero-order chi connectivity index (χ0) is 11.0. The Kier molecular flexibility index (Phi) is 7.48.